The van der Waals surface area contributed by atoms with Crippen molar-refractivity contribution in [3.63, 3.8) is 0 Å². The topological polar surface area (TPSA) is 12.0 Å². The van der Waals surface area contributed by atoms with Gasteiger partial charge in [-0.2, -0.15) is 0 Å². The number of nitrogens with one attached hydrogen (secondary N) is 1. The fourth-order valence-electron chi connectivity index (χ4n) is 2.66. The summed E-state index contributed by atoms with van der Waals surface area (Å²) in [5.74, 6) is 1.94. The fourth-order valence-corrected chi connectivity index (χ4v) is 2.66. The highest BCUT2D eigenvalue weighted by atomic mass is 14.9. The molecule has 1 atom stereocenters. The van der Waals surface area contributed by atoms with Crippen LogP contribution in [0.15, 0.2) is 0 Å². The van der Waals surface area contributed by atoms with Gasteiger partial charge in [-0.15, -0.1) is 0 Å². The smallest absolute Gasteiger partial charge is 0.00926 e. The van der Waals surface area contributed by atoms with E-state index in [1.165, 1.54) is 45.1 Å². The van der Waals surface area contributed by atoms with Gasteiger partial charge in [0.25, 0.3) is 0 Å². The van der Waals surface area contributed by atoms with Gasteiger partial charge in [-0.3, -0.25) is 0 Å². The van der Waals surface area contributed by atoms with E-state index in [1.807, 2.05) is 0 Å². The summed E-state index contributed by atoms with van der Waals surface area (Å²) in [5, 5.41) is 3.70. The van der Waals surface area contributed by atoms with E-state index in [4.69, 9.17) is 0 Å². The summed E-state index contributed by atoms with van der Waals surface area (Å²) in [6.45, 7) is 8.18. The zero-order valence-electron chi connectivity index (χ0n) is 10.2. The zero-order valence-corrected chi connectivity index (χ0v) is 10.2. The van der Waals surface area contributed by atoms with E-state index >= 15 is 0 Å². The Morgan fingerprint density at radius 3 is 2.29 bits per heavy atom. The second-order valence-electron chi connectivity index (χ2n) is 4.99. The summed E-state index contributed by atoms with van der Waals surface area (Å²) >= 11 is 0. The predicted molar refractivity (Wildman–Crippen MR) is 63.5 cm³/mol. The van der Waals surface area contributed by atoms with Crippen LogP contribution in [0.4, 0.5) is 0 Å². The van der Waals surface area contributed by atoms with Crippen molar-refractivity contribution >= 4 is 0 Å². The molecule has 1 rings (SSSR count). The first-order chi connectivity index (χ1) is 6.77. The number of rotatable bonds is 5. The van der Waals surface area contributed by atoms with Gasteiger partial charge in [0.05, 0.1) is 0 Å². The van der Waals surface area contributed by atoms with Gasteiger partial charge < -0.3 is 5.32 Å². The Morgan fingerprint density at radius 1 is 1.14 bits per heavy atom. The molecule has 0 aliphatic heterocycles. The molecule has 0 saturated heterocycles. The van der Waals surface area contributed by atoms with Crippen LogP contribution in [0.1, 0.15) is 59.3 Å². The second-order valence-corrected chi connectivity index (χ2v) is 4.99. The van der Waals surface area contributed by atoms with Gasteiger partial charge >= 0.3 is 0 Å². The van der Waals surface area contributed by atoms with Crippen LogP contribution in [-0.2, 0) is 0 Å². The van der Waals surface area contributed by atoms with Crippen LogP contribution in [-0.4, -0.2) is 12.6 Å². The molecule has 0 aromatic rings. The van der Waals surface area contributed by atoms with E-state index < -0.39 is 0 Å². The lowest BCUT2D eigenvalue weighted by Gasteiger charge is -2.32. The first-order valence-electron chi connectivity index (χ1n) is 6.51. The van der Waals surface area contributed by atoms with Crippen LogP contribution in [0.25, 0.3) is 0 Å². The SMILES string of the molecule is CCCNC(CC)C1CCC(C)CC1. The molecule has 1 saturated carbocycles. The highest BCUT2D eigenvalue weighted by Crippen LogP contribution is 2.31. The second kappa shape index (κ2) is 6.44. The molecule has 0 spiro atoms. The van der Waals surface area contributed by atoms with Crippen LogP contribution < -0.4 is 5.32 Å². The predicted octanol–water partition coefficient (Wildman–Crippen LogP) is 3.59. The molecule has 0 amide bonds. The van der Waals surface area contributed by atoms with Gasteiger partial charge in [0.2, 0.25) is 0 Å². The van der Waals surface area contributed by atoms with Crippen LogP contribution in [0.2, 0.25) is 0 Å². The number of hydrogen-bond acceptors (Lipinski definition) is 1. The van der Waals surface area contributed by atoms with E-state index in [-0.39, 0.29) is 0 Å². The lowest BCUT2D eigenvalue weighted by molar-refractivity contribution is 0.226. The fraction of sp³-hybridized carbons (Fsp3) is 1.00. The van der Waals surface area contributed by atoms with Gasteiger partial charge in [-0.05, 0) is 44.1 Å². The minimum absolute atomic E-state index is 0.794. The summed E-state index contributed by atoms with van der Waals surface area (Å²) in [4.78, 5) is 0. The van der Waals surface area contributed by atoms with Crippen molar-refractivity contribution in [1.29, 1.82) is 0 Å². The third-order valence-electron chi connectivity index (χ3n) is 3.73. The Kier molecular flexibility index (Phi) is 5.54. The molecular weight excluding hydrogens is 170 g/mol. The molecule has 14 heavy (non-hydrogen) atoms. The van der Waals surface area contributed by atoms with Crippen LogP contribution >= 0.6 is 0 Å². The third kappa shape index (κ3) is 3.61. The largest absolute Gasteiger partial charge is 0.314 e. The Hall–Kier alpha value is -0.0400. The lowest BCUT2D eigenvalue weighted by atomic mass is 9.78. The molecule has 0 bridgehead atoms. The highest BCUT2D eigenvalue weighted by molar-refractivity contribution is 4.79. The van der Waals surface area contributed by atoms with Crippen LogP contribution in [0, 0.1) is 11.8 Å². The summed E-state index contributed by atoms with van der Waals surface area (Å²) in [6.07, 6.45) is 8.38. The minimum atomic E-state index is 0.794. The number of hydrogen-bond donors (Lipinski definition) is 1. The Morgan fingerprint density at radius 2 is 1.79 bits per heavy atom. The maximum absolute atomic E-state index is 3.70. The van der Waals surface area contributed by atoms with Gasteiger partial charge in [-0.25, -0.2) is 0 Å². The third-order valence-corrected chi connectivity index (χ3v) is 3.73. The summed E-state index contributed by atoms with van der Waals surface area (Å²) in [5.41, 5.74) is 0. The van der Waals surface area contributed by atoms with E-state index in [1.54, 1.807) is 0 Å². The molecule has 0 aromatic carbocycles. The van der Waals surface area contributed by atoms with E-state index in [0.29, 0.717) is 0 Å². The van der Waals surface area contributed by atoms with Crippen molar-refractivity contribution < 1.29 is 0 Å². The molecule has 1 nitrogen and oxygen atoms in total. The van der Waals surface area contributed by atoms with Crippen molar-refractivity contribution in [2.24, 2.45) is 11.8 Å². The molecule has 1 aliphatic rings. The van der Waals surface area contributed by atoms with E-state index in [2.05, 4.69) is 26.1 Å². The molecule has 1 fully saturated rings. The van der Waals surface area contributed by atoms with Gasteiger partial charge in [0, 0.05) is 6.04 Å². The average molecular weight is 197 g/mol. The molecule has 1 N–H and O–H groups in total. The highest BCUT2D eigenvalue weighted by Gasteiger charge is 2.24. The van der Waals surface area contributed by atoms with Crippen molar-refractivity contribution in [2.45, 2.75) is 65.3 Å². The molecule has 0 aromatic heterocycles. The van der Waals surface area contributed by atoms with E-state index in [0.717, 1.165) is 17.9 Å². The first-order valence-corrected chi connectivity index (χ1v) is 6.51. The molecule has 0 radical (unpaired) electrons. The Labute approximate surface area is 89.7 Å². The lowest BCUT2D eigenvalue weighted by Crippen LogP contribution is -2.37. The molecule has 84 valence electrons. The Balaban J connectivity index is 2.29. The molecule has 1 aliphatic carbocycles. The van der Waals surface area contributed by atoms with Crippen LogP contribution in [0.3, 0.4) is 0 Å². The average Bonchev–Trinajstić information content (AvgIpc) is 2.21. The molecule has 0 heterocycles. The summed E-state index contributed by atoms with van der Waals surface area (Å²) < 4.78 is 0. The van der Waals surface area contributed by atoms with Crippen molar-refractivity contribution in [3.8, 4) is 0 Å². The zero-order chi connectivity index (χ0) is 10.4. The molecular formula is C13H27N. The van der Waals surface area contributed by atoms with E-state index in [9.17, 15) is 0 Å². The van der Waals surface area contributed by atoms with Crippen molar-refractivity contribution in [3.05, 3.63) is 0 Å². The van der Waals surface area contributed by atoms with Crippen LogP contribution in [0.5, 0.6) is 0 Å². The summed E-state index contributed by atoms with van der Waals surface area (Å²) in [6, 6.07) is 0.794. The molecule has 1 heteroatoms. The van der Waals surface area contributed by atoms with Crippen molar-refractivity contribution in [1.82, 2.24) is 5.32 Å². The molecule has 1 unspecified atom stereocenters. The maximum Gasteiger partial charge on any atom is 0.00926 e. The standard InChI is InChI=1S/C13H27N/c1-4-10-14-13(5-2)12-8-6-11(3)7-9-12/h11-14H,4-10H2,1-3H3. The van der Waals surface area contributed by atoms with Crippen molar-refractivity contribution in [2.75, 3.05) is 6.54 Å². The van der Waals surface area contributed by atoms with Gasteiger partial charge in [-0.1, -0.05) is 33.6 Å². The normalized spacial score (nSPS) is 30.2. The quantitative estimate of drug-likeness (QED) is 0.710. The minimum Gasteiger partial charge on any atom is -0.314 e. The monoisotopic (exact) mass is 197 g/mol. The first kappa shape index (κ1) is 12.0. The van der Waals surface area contributed by atoms with Gasteiger partial charge in [0.1, 0.15) is 0 Å². The van der Waals surface area contributed by atoms with Gasteiger partial charge in [0.15, 0.2) is 0 Å². The maximum atomic E-state index is 3.70. The Bertz CT molecular complexity index is 133. The summed E-state index contributed by atoms with van der Waals surface area (Å²) in [7, 11) is 0.